The van der Waals surface area contributed by atoms with Crippen molar-refractivity contribution in [2.24, 2.45) is 5.92 Å². The van der Waals surface area contributed by atoms with E-state index >= 15 is 0 Å². The molecular weight excluding hydrogens is 699 g/mol. The molecule has 276 valence electrons. The first kappa shape index (κ1) is 34.3. The van der Waals surface area contributed by atoms with Crippen LogP contribution < -0.4 is 4.90 Å². The highest BCUT2D eigenvalue weighted by Gasteiger charge is 2.44. The molecule has 9 aromatic carbocycles. The van der Waals surface area contributed by atoms with E-state index in [0.717, 1.165) is 11.4 Å². The average molecular weight is 742 g/mol. The minimum absolute atomic E-state index is 0.0187. The summed E-state index contributed by atoms with van der Waals surface area (Å²) in [4.78, 5) is 2.45. The van der Waals surface area contributed by atoms with E-state index in [4.69, 9.17) is 0 Å². The van der Waals surface area contributed by atoms with E-state index in [0.29, 0.717) is 11.8 Å². The predicted octanol–water partition coefficient (Wildman–Crippen LogP) is 15.7. The number of fused-ring (bicyclic) bond motifs is 9. The Morgan fingerprint density at radius 2 is 0.931 bits per heavy atom. The zero-order chi connectivity index (χ0) is 38.8. The molecule has 1 nitrogen and oxygen atoms in total. The molecule has 11 rings (SSSR count). The van der Waals surface area contributed by atoms with E-state index < -0.39 is 0 Å². The van der Waals surface area contributed by atoms with Crippen molar-refractivity contribution in [2.45, 2.75) is 25.2 Å². The minimum atomic E-state index is 0.0187. The molecule has 0 fully saturated rings. The molecule has 2 aliphatic carbocycles. The first-order valence-corrected chi connectivity index (χ1v) is 20.5. The second kappa shape index (κ2) is 13.6. The number of benzene rings is 9. The van der Waals surface area contributed by atoms with Gasteiger partial charge in [-0.2, -0.15) is 0 Å². The second-order valence-electron chi connectivity index (χ2n) is 16.5. The largest absolute Gasteiger partial charge is 0.310 e. The molecule has 0 heterocycles. The summed E-state index contributed by atoms with van der Waals surface area (Å²) in [6, 6.07) is 69.4. The van der Waals surface area contributed by atoms with Crippen LogP contribution in [-0.4, -0.2) is 0 Å². The van der Waals surface area contributed by atoms with Gasteiger partial charge in [0.05, 0.1) is 5.69 Å². The van der Waals surface area contributed by atoms with Crippen molar-refractivity contribution >= 4 is 49.4 Å². The van der Waals surface area contributed by atoms with E-state index in [2.05, 4.69) is 231 Å². The number of hydrogen-bond donors (Lipinski definition) is 0. The van der Waals surface area contributed by atoms with Crippen molar-refractivity contribution in [3.8, 4) is 33.4 Å². The average Bonchev–Trinajstić information content (AvgIpc) is 3.52. The van der Waals surface area contributed by atoms with E-state index in [9.17, 15) is 0 Å². The van der Waals surface area contributed by atoms with Crippen LogP contribution in [0.4, 0.5) is 17.1 Å². The van der Waals surface area contributed by atoms with Crippen LogP contribution in [0, 0.1) is 5.92 Å². The molecule has 0 spiro atoms. The molecule has 0 N–H and O–H groups in total. The van der Waals surface area contributed by atoms with Gasteiger partial charge in [0.15, 0.2) is 0 Å². The van der Waals surface area contributed by atoms with Crippen LogP contribution in [0.3, 0.4) is 0 Å². The van der Waals surface area contributed by atoms with E-state index in [-0.39, 0.29) is 5.41 Å². The molecule has 0 amide bonds. The Balaban J connectivity index is 0.993. The fourth-order valence-electron chi connectivity index (χ4n) is 10.1. The van der Waals surface area contributed by atoms with Gasteiger partial charge in [-0.25, -0.2) is 0 Å². The van der Waals surface area contributed by atoms with Crippen molar-refractivity contribution in [1.29, 1.82) is 0 Å². The standard InChI is InChI=1S/C57H43N/c1-57(2)53-25-12-10-21-49(53)50-36-35-43(37-54(50)57)58(55-26-13-11-17-44(55)40-15-4-3-5-16-40)42-33-31-39(32-34-42)38-27-29-41(30-28-38)45-23-14-24-52-48-19-7-6-18-46(48)47-20-8-9-22-51(47)56(45)52/h3-37,49,53H,1-2H3. The zero-order valence-corrected chi connectivity index (χ0v) is 32.8. The van der Waals surface area contributed by atoms with Gasteiger partial charge in [-0.15, -0.1) is 0 Å². The number of hydrogen-bond acceptors (Lipinski definition) is 1. The summed E-state index contributed by atoms with van der Waals surface area (Å²) >= 11 is 0. The smallest absolute Gasteiger partial charge is 0.0540 e. The van der Waals surface area contributed by atoms with Crippen LogP contribution in [0.2, 0.25) is 0 Å². The van der Waals surface area contributed by atoms with Gasteiger partial charge in [-0.1, -0.05) is 196 Å². The van der Waals surface area contributed by atoms with Crippen molar-refractivity contribution in [3.63, 3.8) is 0 Å². The maximum absolute atomic E-state index is 2.46. The van der Waals surface area contributed by atoms with Gasteiger partial charge in [0.25, 0.3) is 0 Å². The number of allylic oxidation sites excluding steroid dienone is 4. The van der Waals surface area contributed by atoms with Crippen LogP contribution in [0.5, 0.6) is 0 Å². The second-order valence-corrected chi connectivity index (χ2v) is 16.5. The summed E-state index contributed by atoms with van der Waals surface area (Å²) in [6.45, 7) is 4.83. The Bertz CT molecular complexity index is 3030. The highest BCUT2D eigenvalue weighted by atomic mass is 15.1. The molecule has 2 atom stereocenters. The van der Waals surface area contributed by atoms with Crippen LogP contribution >= 0.6 is 0 Å². The van der Waals surface area contributed by atoms with Crippen molar-refractivity contribution in [1.82, 2.24) is 0 Å². The van der Waals surface area contributed by atoms with Crippen LogP contribution in [0.15, 0.2) is 212 Å². The summed E-state index contributed by atoms with van der Waals surface area (Å²) < 4.78 is 0. The lowest BCUT2D eigenvalue weighted by Crippen LogP contribution is -2.24. The third-order valence-corrected chi connectivity index (χ3v) is 13.0. The molecule has 0 aliphatic heterocycles. The van der Waals surface area contributed by atoms with Gasteiger partial charge < -0.3 is 4.90 Å². The van der Waals surface area contributed by atoms with Crippen molar-refractivity contribution in [3.05, 3.63) is 223 Å². The first-order valence-electron chi connectivity index (χ1n) is 20.5. The molecule has 0 aromatic heterocycles. The van der Waals surface area contributed by atoms with E-state index in [1.807, 2.05) is 0 Å². The number of para-hydroxylation sites is 1. The predicted molar refractivity (Wildman–Crippen MR) is 247 cm³/mol. The molecule has 9 aromatic rings. The Morgan fingerprint density at radius 1 is 0.414 bits per heavy atom. The van der Waals surface area contributed by atoms with Gasteiger partial charge in [0, 0.05) is 22.9 Å². The Morgan fingerprint density at radius 3 is 1.66 bits per heavy atom. The van der Waals surface area contributed by atoms with Crippen LogP contribution in [0.1, 0.15) is 30.9 Å². The quantitative estimate of drug-likeness (QED) is 0.153. The summed E-state index contributed by atoms with van der Waals surface area (Å²) in [6.07, 6.45) is 9.23. The minimum Gasteiger partial charge on any atom is -0.310 e. The fraction of sp³-hybridized carbons (Fsp3) is 0.0877. The monoisotopic (exact) mass is 741 g/mol. The molecule has 0 saturated heterocycles. The maximum atomic E-state index is 2.46. The lowest BCUT2D eigenvalue weighted by atomic mass is 9.74. The highest BCUT2D eigenvalue weighted by molar-refractivity contribution is 6.28. The van der Waals surface area contributed by atoms with Gasteiger partial charge in [0.2, 0.25) is 0 Å². The zero-order valence-electron chi connectivity index (χ0n) is 32.8. The molecular formula is C57H43N. The molecule has 2 aliphatic rings. The summed E-state index contributed by atoms with van der Waals surface area (Å²) in [5.74, 6) is 0.873. The van der Waals surface area contributed by atoms with E-state index in [1.165, 1.54) is 82.5 Å². The van der Waals surface area contributed by atoms with Crippen molar-refractivity contribution < 1.29 is 0 Å². The Hall–Kier alpha value is -6.96. The first-order chi connectivity index (χ1) is 28.5. The maximum Gasteiger partial charge on any atom is 0.0540 e. The molecule has 1 heteroatoms. The molecule has 0 saturated carbocycles. The molecule has 2 unspecified atom stereocenters. The number of rotatable bonds is 6. The van der Waals surface area contributed by atoms with E-state index in [1.54, 1.807) is 0 Å². The topological polar surface area (TPSA) is 3.24 Å². The Labute approximate surface area is 340 Å². The van der Waals surface area contributed by atoms with Crippen molar-refractivity contribution in [2.75, 3.05) is 4.90 Å². The van der Waals surface area contributed by atoms with Crippen LogP contribution in [0.25, 0.3) is 65.7 Å². The summed E-state index contributed by atoms with van der Waals surface area (Å²) in [5.41, 5.74) is 13.6. The molecule has 0 radical (unpaired) electrons. The Kier molecular flexibility index (Phi) is 8.05. The third kappa shape index (κ3) is 5.45. The lowest BCUT2D eigenvalue weighted by molar-refractivity contribution is 0.394. The normalized spacial score (nSPS) is 16.4. The van der Waals surface area contributed by atoms with Gasteiger partial charge >= 0.3 is 0 Å². The van der Waals surface area contributed by atoms with Crippen LogP contribution in [-0.2, 0) is 5.41 Å². The third-order valence-electron chi connectivity index (χ3n) is 13.0. The lowest BCUT2D eigenvalue weighted by Gasteiger charge is -2.31. The SMILES string of the molecule is CC1(C)c2cc(N(c3ccc(-c4ccc(-c5cccc6c7ccccc7c7ccccc7c56)cc4)cc3)c3ccccc3-c3ccccc3)ccc2C2C=CC=CC21. The van der Waals surface area contributed by atoms with Gasteiger partial charge in [0.1, 0.15) is 0 Å². The summed E-state index contributed by atoms with van der Waals surface area (Å²) in [5, 5.41) is 7.80. The summed E-state index contributed by atoms with van der Waals surface area (Å²) in [7, 11) is 0. The molecule has 58 heavy (non-hydrogen) atoms. The number of nitrogens with zero attached hydrogens (tertiary/aromatic N) is 1. The number of anilines is 3. The van der Waals surface area contributed by atoms with Gasteiger partial charge in [-0.3, -0.25) is 0 Å². The highest BCUT2D eigenvalue weighted by Crippen LogP contribution is 2.54. The fourth-order valence-corrected chi connectivity index (χ4v) is 10.1. The van der Waals surface area contributed by atoms with Gasteiger partial charge in [-0.05, 0) is 113 Å². The molecule has 0 bridgehead atoms.